The summed E-state index contributed by atoms with van der Waals surface area (Å²) in [5.74, 6) is 0. The molecule has 0 saturated heterocycles. The van der Waals surface area contributed by atoms with Crippen molar-refractivity contribution in [2.75, 3.05) is 6.61 Å². The molecular formula is C3H4F2O5PS-. The zero-order valence-electron chi connectivity index (χ0n) is 5.51. The third-order valence-corrected chi connectivity index (χ3v) is 1.56. The van der Waals surface area contributed by atoms with E-state index in [9.17, 15) is 25.9 Å². The molecule has 72 valence electrons. The first-order valence-electron chi connectivity index (χ1n) is 2.47. The molecule has 0 N–H and O–H groups in total. The molecule has 0 amide bonds. The molecule has 0 aromatic carbocycles. The smallest absolute Gasteiger partial charge is 0.552 e. The Labute approximate surface area is 67.5 Å². The van der Waals surface area contributed by atoms with Crippen molar-refractivity contribution in [3.05, 3.63) is 11.5 Å². The van der Waals surface area contributed by atoms with Crippen LogP contribution in [0.25, 0.3) is 0 Å². The van der Waals surface area contributed by atoms with Crippen molar-refractivity contribution in [2.45, 2.75) is 0 Å². The van der Waals surface area contributed by atoms with E-state index >= 15 is 0 Å². The maximum Gasteiger partial charge on any atom is 0.552 e. The molecule has 0 spiro atoms. The van der Waals surface area contributed by atoms with Crippen molar-refractivity contribution in [3.8, 4) is 0 Å². The molecule has 0 radical (unpaired) electrons. The van der Waals surface area contributed by atoms with Crippen LogP contribution in [0.2, 0.25) is 0 Å². The van der Waals surface area contributed by atoms with E-state index in [0.29, 0.717) is 6.08 Å². The van der Waals surface area contributed by atoms with Crippen LogP contribution in [0.5, 0.6) is 0 Å². The van der Waals surface area contributed by atoms with Crippen LogP contribution in [0.3, 0.4) is 0 Å². The minimum Gasteiger partial charge on any atom is -0.744 e. The quantitative estimate of drug-likeness (QED) is 0.524. The van der Waals surface area contributed by atoms with E-state index in [0.717, 1.165) is 0 Å². The predicted molar refractivity (Wildman–Crippen MR) is 34.6 cm³/mol. The van der Waals surface area contributed by atoms with Gasteiger partial charge < -0.3 is 4.55 Å². The largest absolute Gasteiger partial charge is 0.744 e. The summed E-state index contributed by atoms with van der Waals surface area (Å²) in [6, 6.07) is 0. The minimum absolute atomic E-state index is 0.142. The minimum atomic E-state index is -5.60. The van der Waals surface area contributed by atoms with Gasteiger partial charge in [0, 0.05) is 5.41 Å². The topological polar surface area (TPSA) is 83.5 Å². The van der Waals surface area contributed by atoms with Gasteiger partial charge in [-0.15, -0.1) is 8.39 Å². The predicted octanol–water partition coefficient (Wildman–Crippen LogP) is 1.11. The molecule has 12 heavy (non-hydrogen) atoms. The van der Waals surface area contributed by atoms with Gasteiger partial charge in [0.05, 0.1) is 6.61 Å². The molecule has 0 aromatic rings. The van der Waals surface area contributed by atoms with Crippen LogP contribution < -0.4 is 0 Å². The maximum absolute atomic E-state index is 11.4. The Bertz CT molecular complexity index is 303. The first-order valence-corrected chi connectivity index (χ1v) is 5.35. The van der Waals surface area contributed by atoms with Crippen molar-refractivity contribution in [1.29, 1.82) is 0 Å². The van der Waals surface area contributed by atoms with Crippen molar-refractivity contribution >= 4 is 18.1 Å². The van der Waals surface area contributed by atoms with E-state index < -0.39 is 24.7 Å². The van der Waals surface area contributed by atoms with Crippen LogP contribution in [0.4, 0.5) is 8.39 Å². The molecule has 0 aliphatic rings. The Morgan fingerprint density at radius 3 is 2.33 bits per heavy atom. The average molecular weight is 221 g/mol. The Balaban J connectivity index is 3.88. The maximum atomic E-state index is 11.4. The molecule has 0 atom stereocenters. The summed E-state index contributed by atoms with van der Waals surface area (Å²) >= 11 is 0. The van der Waals surface area contributed by atoms with Gasteiger partial charge >= 0.3 is 7.99 Å². The SMILES string of the molecule is O=P(F)(F)OC/C=C/S(=O)(=O)[O-]. The van der Waals surface area contributed by atoms with E-state index in [1.807, 2.05) is 0 Å². The molecule has 9 heteroatoms. The lowest BCUT2D eigenvalue weighted by Crippen LogP contribution is -1.91. The van der Waals surface area contributed by atoms with Crippen LogP contribution in [0.1, 0.15) is 0 Å². The molecule has 0 aliphatic carbocycles. The Morgan fingerprint density at radius 1 is 1.50 bits per heavy atom. The molecule has 0 aromatic heterocycles. The monoisotopic (exact) mass is 221 g/mol. The molecule has 0 heterocycles. The molecule has 5 nitrogen and oxygen atoms in total. The first kappa shape index (κ1) is 11.7. The van der Waals surface area contributed by atoms with Crippen LogP contribution in [-0.4, -0.2) is 19.6 Å². The van der Waals surface area contributed by atoms with E-state index in [1.54, 1.807) is 0 Å². The van der Waals surface area contributed by atoms with Crippen LogP contribution in [0, 0.1) is 0 Å². The lowest BCUT2D eigenvalue weighted by atomic mass is 10.7. The third-order valence-electron chi connectivity index (χ3n) is 0.584. The second kappa shape index (κ2) is 4.08. The number of hydrogen-bond acceptors (Lipinski definition) is 5. The van der Waals surface area contributed by atoms with E-state index in [2.05, 4.69) is 4.52 Å². The van der Waals surface area contributed by atoms with Gasteiger partial charge in [-0.25, -0.2) is 13.0 Å². The summed E-state index contributed by atoms with van der Waals surface area (Å²) in [6.07, 6.45) is 0.536. The number of hydrogen-bond donors (Lipinski definition) is 0. The van der Waals surface area contributed by atoms with Crippen molar-refractivity contribution in [3.63, 3.8) is 0 Å². The molecule has 0 unspecified atom stereocenters. The lowest BCUT2D eigenvalue weighted by Gasteiger charge is -1.98. The van der Waals surface area contributed by atoms with Gasteiger partial charge in [-0.1, -0.05) is 0 Å². The highest BCUT2D eigenvalue weighted by molar-refractivity contribution is 7.88. The van der Waals surface area contributed by atoms with E-state index in [1.165, 1.54) is 0 Å². The highest BCUT2D eigenvalue weighted by Crippen LogP contribution is 2.49. The summed E-state index contributed by atoms with van der Waals surface area (Å²) in [7, 11) is -10.2. The van der Waals surface area contributed by atoms with Crippen LogP contribution in [-0.2, 0) is 19.2 Å². The van der Waals surface area contributed by atoms with Gasteiger partial charge in [-0.3, -0.25) is 4.52 Å². The molecule has 0 saturated carbocycles. The fourth-order valence-corrected chi connectivity index (χ4v) is 0.861. The first-order chi connectivity index (χ1) is 5.21. The average Bonchev–Trinajstić information content (AvgIpc) is 1.76. The summed E-state index contributed by atoms with van der Waals surface area (Å²) in [4.78, 5) is 0. The zero-order chi connectivity index (χ0) is 9.83. The fraction of sp³-hybridized carbons (Fsp3) is 0.333. The highest BCUT2D eigenvalue weighted by atomic mass is 32.2. The fourth-order valence-electron chi connectivity index (χ4n) is 0.287. The molecular weight excluding hydrogens is 217 g/mol. The van der Waals surface area contributed by atoms with Gasteiger partial charge in [-0.05, 0) is 6.08 Å². The summed E-state index contributed by atoms with van der Waals surface area (Å²) in [5, 5.41) is 0.142. The van der Waals surface area contributed by atoms with Crippen molar-refractivity contribution in [2.24, 2.45) is 0 Å². The lowest BCUT2D eigenvalue weighted by molar-refractivity contribution is 0.284. The van der Waals surface area contributed by atoms with Gasteiger partial charge in [0.2, 0.25) is 0 Å². The van der Waals surface area contributed by atoms with Crippen LogP contribution in [0.15, 0.2) is 11.5 Å². The van der Waals surface area contributed by atoms with E-state index in [-0.39, 0.29) is 5.41 Å². The number of halogens is 2. The van der Waals surface area contributed by atoms with Gasteiger partial charge in [0.25, 0.3) is 0 Å². The third kappa shape index (κ3) is 9.70. The van der Waals surface area contributed by atoms with Gasteiger partial charge in [-0.2, -0.15) is 0 Å². The van der Waals surface area contributed by atoms with Gasteiger partial charge in [0.1, 0.15) is 10.1 Å². The van der Waals surface area contributed by atoms with Crippen molar-refractivity contribution in [1.82, 2.24) is 0 Å². The van der Waals surface area contributed by atoms with E-state index in [4.69, 9.17) is 0 Å². The molecule has 0 aliphatic heterocycles. The Hall–Kier alpha value is -0.300. The zero-order valence-corrected chi connectivity index (χ0v) is 7.23. The second-order valence-corrected chi connectivity index (χ2v) is 3.92. The summed E-state index contributed by atoms with van der Waals surface area (Å²) in [6.45, 7) is -0.883. The summed E-state index contributed by atoms with van der Waals surface area (Å²) in [5.41, 5.74) is 0. The number of rotatable bonds is 4. The molecule has 0 fully saturated rings. The highest BCUT2D eigenvalue weighted by Gasteiger charge is 2.18. The summed E-state index contributed by atoms with van der Waals surface area (Å²) < 4.78 is 65.1. The Morgan fingerprint density at radius 2 is 2.00 bits per heavy atom. The normalized spacial score (nSPS) is 13.9. The molecule has 0 bridgehead atoms. The van der Waals surface area contributed by atoms with Crippen LogP contribution >= 0.6 is 7.99 Å². The van der Waals surface area contributed by atoms with Gasteiger partial charge in [0.15, 0.2) is 0 Å². The Kier molecular flexibility index (Phi) is 3.98. The van der Waals surface area contributed by atoms with Crippen molar-refractivity contribution < 1.29 is 30.5 Å². The second-order valence-electron chi connectivity index (χ2n) is 1.57. The molecule has 0 rings (SSSR count). The standard InChI is InChI=1S/C3H5F2O5PS/c4-11(5,6)10-2-1-3-12(7,8)9/h1,3H,2H2,(H,7,8,9)/p-1/b3-1+.